The normalized spacial score (nSPS) is 12.6. The molecule has 0 radical (unpaired) electrons. The van der Waals surface area contributed by atoms with Gasteiger partial charge in [0.05, 0.1) is 29.3 Å². The molecule has 6 nitrogen and oxygen atoms in total. The van der Waals surface area contributed by atoms with E-state index in [0.29, 0.717) is 16.4 Å². The molecular formula is C22H25N5OS. The van der Waals surface area contributed by atoms with Crippen molar-refractivity contribution in [2.75, 3.05) is 5.75 Å². The molecule has 0 bridgehead atoms. The lowest BCUT2D eigenvalue weighted by Gasteiger charge is -2.09. The summed E-state index contributed by atoms with van der Waals surface area (Å²) in [5, 5.41) is 5.23. The first kappa shape index (κ1) is 19.7. The van der Waals surface area contributed by atoms with Gasteiger partial charge in [0.15, 0.2) is 5.65 Å². The standard InChI is InChI=1S/C22H25N5OS/c1-5-6-11-29(28)22-13-21-24-18(17-9-7-15(2)8-10-17)12-19(27(21)25-22)20-14-23-16(3)26(20)4/h7-10,12-14H,5-6,11H2,1-4H3. The van der Waals surface area contributed by atoms with E-state index in [9.17, 15) is 4.55 Å². The van der Waals surface area contributed by atoms with Crippen molar-refractivity contribution in [1.82, 2.24) is 24.1 Å². The fraction of sp³-hybridized carbons (Fsp3) is 0.318. The third-order valence-electron chi connectivity index (χ3n) is 5.15. The zero-order valence-corrected chi connectivity index (χ0v) is 18.0. The average molecular weight is 408 g/mol. The van der Waals surface area contributed by atoms with Crippen LogP contribution < -0.4 is 0 Å². The quantitative estimate of drug-likeness (QED) is 0.446. The van der Waals surface area contributed by atoms with Gasteiger partial charge in [0, 0.05) is 23.8 Å². The highest BCUT2D eigenvalue weighted by Crippen LogP contribution is 2.28. The van der Waals surface area contributed by atoms with Crippen LogP contribution in [-0.2, 0) is 18.2 Å². The number of aromatic nitrogens is 5. The molecule has 29 heavy (non-hydrogen) atoms. The lowest BCUT2D eigenvalue weighted by Crippen LogP contribution is -2.08. The van der Waals surface area contributed by atoms with Crippen molar-refractivity contribution >= 4 is 16.8 Å². The fourth-order valence-corrected chi connectivity index (χ4v) is 4.41. The Morgan fingerprint density at radius 2 is 1.83 bits per heavy atom. The summed E-state index contributed by atoms with van der Waals surface area (Å²) in [5.74, 6) is 1.53. The Kier molecular flexibility index (Phi) is 5.43. The van der Waals surface area contributed by atoms with Crippen molar-refractivity contribution < 1.29 is 4.55 Å². The van der Waals surface area contributed by atoms with Gasteiger partial charge >= 0.3 is 0 Å². The summed E-state index contributed by atoms with van der Waals surface area (Å²) < 4.78 is 16.5. The first-order chi connectivity index (χ1) is 14.0. The van der Waals surface area contributed by atoms with E-state index in [4.69, 9.17) is 4.98 Å². The monoisotopic (exact) mass is 407 g/mol. The topological polar surface area (TPSA) is 71.1 Å². The molecule has 0 aliphatic heterocycles. The number of unbranched alkanes of at least 4 members (excludes halogenated alkanes) is 1. The number of hydrogen-bond acceptors (Lipinski definition) is 4. The molecule has 4 aromatic rings. The van der Waals surface area contributed by atoms with Crippen LogP contribution in [-0.4, -0.2) is 34.5 Å². The summed E-state index contributed by atoms with van der Waals surface area (Å²) >= 11 is -1.13. The number of imidazole rings is 1. The molecule has 0 amide bonds. The van der Waals surface area contributed by atoms with Crippen molar-refractivity contribution in [2.24, 2.45) is 7.05 Å². The van der Waals surface area contributed by atoms with Crippen LogP contribution in [0.3, 0.4) is 0 Å². The minimum Gasteiger partial charge on any atom is -0.610 e. The number of nitrogens with zero attached hydrogens (tertiary/aromatic N) is 5. The van der Waals surface area contributed by atoms with Gasteiger partial charge in [-0.2, -0.15) is 0 Å². The van der Waals surface area contributed by atoms with Gasteiger partial charge in [-0.15, -0.1) is 5.10 Å². The molecule has 0 fully saturated rings. The van der Waals surface area contributed by atoms with Crippen molar-refractivity contribution in [2.45, 2.75) is 38.6 Å². The highest BCUT2D eigenvalue weighted by atomic mass is 32.2. The predicted molar refractivity (Wildman–Crippen MR) is 116 cm³/mol. The predicted octanol–water partition coefficient (Wildman–Crippen LogP) is 4.32. The number of hydrogen-bond donors (Lipinski definition) is 0. The zero-order valence-electron chi connectivity index (χ0n) is 17.2. The highest BCUT2D eigenvalue weighted by molar-refractivity contribution is 7.91. The molecule has 0 aliphatic rings. The summed E-state index contributed by atoms with van der Waals surface area (Å²) in [6, 6.07) is 12.2. The number of fused-ring (bicyclic) bond motifs is 1. The Bertz CT molecular complexity index is 1150. The van der Waals surface area contributed by atoms with Crippen molar-refractivity contribution in [3.8, 4) is 22.6 Å². The minimum atomic E-state index is -1.13. The molecule has 1 atom stereocenters. The van der Waals surface area contributed by atoms with Crippen LogP contribution in [0.5, 0.6) is 0 Å². The van der Waals surface area contributed by atoms with Crippen LogP contribution in [0.2, 0.25) is 0 Å². The van der Waals surface area contributed by atoms with Crippen LogP contribution in [0.4, 0.5) is 0 Å². The maximum Gasteiger partial charge on any atom is 0.265 e. The molecule has 150 valence electrons. The molecule has 3 heterocycles. The molecule has 4 rings (SSSR count). The van der Waals surface area contributed by atoms with E-state index in [1.807, 2.05) is 36.9 Å². The van der Waals surface area contributed by atoms with E-state index >= 15 is 0 Å². The van der Waals surface area contributed by atoms with E-state index in [1.165, 1.54) is 5.56 Å². The van der Waals surface area contributed by atoms with Crippen molar-refractivity contribution in [3.05, 3.63) is 54.0 Å². The summed E-state index contributed by atoms with van der Waals surface area (Å²) in [7, 11) is 1.99. The summed E-state index contributed by atoms with van der Waals surface area (Å²) in [6.45, 7) is 6.13. The smallest absolute Gasteiger partial charge is 0.265 e. The molecular weight excluding hydrogens is 382 g/mol. The van der Waals surface area contributed by atoms with Crippen LogP contribution in [0.1, 0.15) is 31.2 Å². The van der Waals surface area contributed by atoms with E-state index in [2.05, 4.69) is 48.2 Å². The van der Waals surface area contributed by atoms with Gasteiger partial charge in [-0.3, -0.25) is 0 Å². The Morgan fingerprint density at radius 3 is 2.48 bits per heavy atom. The van der Waals surface area contributed by atoms with Crippen LogP contribution in [0, 0.1) is 13.8 Å². The van der Waals surface area contributed by atoms with E-state index < -0.39 is 11.2 Å². The largest absolute Gasteiger partial charge is 0.610 e. The molecule has 0 spiro atoms. The first-order valence-electron chi connectivity index (χ1n) is 9.83. The second-order valence-electron chi connectivity index (χ2n) is 7.30. The van der Waals surface area contributed by atoms with Crippen LogP contribution in [0.15, 0.2) is 47.6 Å². The third-order valence-corrected chi connectivity index (χ3v) is 6.48. The summed E-state index contributed by atoms with van der Waals surface area (Å²) in [6.07, 6.45) is 3.77. The SMILES string of the molecule is CCCC[S+]([O-])c1cc2nc(-c3ccc(C)cc3)cc(-c3cnc(C)n3C)n2n1. The molecule has 7 heteroatoms. The molecule has 0 N–H and O–H groups in total. The minimum absolute atomic E-state index is 0.576. The van der Waals surface area contributed by atoms with Crippen molar-refractivity contribution in [3.63, 3.8) is 0 Å². The summed E-state index contributed by atoms with van der Waals surface area (Å²) in [5.41, 5.74) is 5.61. The number of rotatable bonds is 6. The van der Waals surface area contributed by atoms with Gasteiger partial charge in [0.2, 0.25) is 0 Å². The van der Waals surface area contributed by atoms with Crippen molar-refractivity contribution in [1.29, 1.82) is 0 Å². The number of benzene rings is 1. The number of aryl methyl sites for hydroxylation is 2. The molecule has 0 saturated carbocycles. The van der Waals surface area contributed by atoms with Gasteiger partial charge < -0.3 is 9.12 Å². The maximum atomic E-state index is 12.7. The van der Waals surface area contributed by atoms with E-state index in [1.54, 1.807) is 4.52 Å². The highest BCUT2D eigenvalue weighted by Gasteiger charge is 2.20. The van der Waals surface area contributed by atoms with Crippen LogP contribution in [0.25, 0.3) is 28.3 Å². The molecule has 1 aromatic carbocycles. The second kappa shape index (κ2) is 8.00. The first-order valence-corrected chi connectivity index (χ1v) is 11.1. The van der Waals surface area contributed by atoms with Gasteiger partial charge in [0.25, 0.3) is 5.03 Å². The van der Waals surface area contributed by atoms with E-state index in [0.717, 1.165) is 41.3 Å². The fourth-order valence-electron chi connectivity index (χ4n) is 3.24. The molecule has 1 unspecified atom stereocenters. The molecule has 0 saturated heterocycles. The van der Waals surface area contributed by atoms with Gasteiger partial charge in [-0.05, 0) is 26.3 Å². The average Bonchev–Trinajstić information content (AvgIpc) is 3.30. The lowest BCUT2D eigenvalue weighted by atomic mass is 10.1. The second-order valence-corrected chi connectivity index (χ2v) is 8.82. The van der Waals surface area contributed by atoms with Gasteiger partial charge in [0.1, 0.15) is 11.6 Å². The Labute approximate surface area is 173 Å². The van der Waals surface area contributed by atoms with Crippen LogP contribution >= 0.6 is 0 Å². The Morgan fingerprint density at radius 1 is 1.07 bits per heavy atom. The molecule has 0 aliphatic carbocycles. The van der Waals surface area contributed by atoms with E-state index in [-0.39, 0.29) is 0 Å². The Balaban J connectivity index is 1.90. The maximum absolute atomic E-state index is 12.7. The molecule has 3 aromatic heterocycles. The summed E-state index contributed by atoms with van der Waals surface area (Å²) in [4.78, 5) is 9.25. The van der Waals surface area contributed by atoms with Gasteiger partial charge in [-0.25, -0.2) is 14.5 Å². The zero-order chi connectivity index (χ0) is 20.5. The third kappa shape index (κ3) is 3.80. The lowest BCUT2D eigenvalue weighted by molar-refractivity contribution is 0.586. The Hall–Kier alpha value is -2.64. The van der Waals surface area contributed by atoms with Gasteiger partial charge in [-0.1, -0.05) is 43.2 Å².